The van der Waals surface area contributed by atoms with Gasteiger partial charge in [-0.15, -0.1) is 0 Å². The van der Waals surface area contributed by atoms with E-state index in [0.29, 0.717) is 17.3 Å². The van der Waals surface area contributed by atoms with Crippen LogP contribution in [0.3, 0.4) is 0 Å². The van der Waals surface area contributed by atoms with Gasteiger partial charge in [0.1, 0.15) is 11.7 Å². The van der Waals surface area contributed by atoms with Crippen molar-refractivity contribution >= 4 is 11.0 Å². The van der Waals surface area contributed by atoms with Crippen LogP contribution in [0.4, 0.5) is 0 Å². The zero-order valence-corrected chi connectivity index (χ0v) is 9.31. The number of para-hydroxylation sites is 1. The van der Waals surface area contributed by atoms with Gasteiger partial charge >= 0.3 is 5.63 Å². The van der Waals surface area contributed by atoms with Crippen LogP contribution in [0.2, 0.25) is 0 Å². The lowest BCUT2D eigenvalue weighted by Gasteiger charge is -2.07. The van der Waals surface area contributed by atoms with Crippen molar-refractivity contribution in [3.05, 3.63) is 40.2 Å². The second-order valence-corrected chi connectivity index (χ2v) is 4.82. The van der Waals surface area contributed by atoms with Gasteiger partial charge in [0.2, 0.25) is 5.75 Å². The maximum atomic E-state index is 11.9. The zero-order chi connectivity index (χ0) is 11.4. The van der Waals surface area contributed by atoms with Crippen LogP contribution in [0.1, 0.15) is 30.7 Å². The van der Waals surface area contributed by atoms with Crippen molar-refractivity contribution in [1.29, 1.82) is 0 Å². The highest BCUT2D eigenvalue weighted by molar-refractivity contribution is 5.83. The highest BCUT2D eigenvalue weighted by Crippen LogP contribution is 2.47. The van der Waals surface area contributed by atoms with Crippen molar-refractivity contribution in [2.75, 3.05) is 0 Å². The topological polar surface area (TPSA) is 39.4 Å². The maximum Gasteiger partial charge on any atom is 0.379 e. The number of benzene rings is 1. The van der Waals surface area contributed by atoms with Crippen LogP contribution in [0.5, 0.6) is 5.75 Å². The third kappa shape index (κ3) is 1.14. The fraction of sp³-hybridized carbons (Fsp3) is 0.357. The van der Waals surface area contributed by atoms with E-state index in [2.05, 4.69) is 0 Å². The summed E-state index contributed by atoms with van der Waals surface area (Å²) in [6.45, 7) is 0. The molecule has 2 heterocycles. The van der Waals surface area contributed by atoms with E-state index in [9.17, 15) is 4.79 Å². The maximum absolute atomic E-state index is 11.9. The van der Waals surface area contributed by atoms with Gasteiger partial charge in [-0.3, -0.25) is 0 Å². The number of fused-ring (bicyclic) bond motifs is 5. The molecular formula is C14H12O3. The van der Waals surface area contributed by atoms with Crippen LogP contribution in [-0.4, -0.2) is 6.10 Å². The molecule has 2 aromatic rings. The molecule has 17 heavy (non-hydrogen) atoms. The van der Waals surface area contributed by atoms with Crippen LogP contribution in [0, 0.1) is 0 Å². The fourth-order valence-electron chi connectivity index (χ4n) is 3.19. The fourth-order valence-corrected chi connectivity index (χ4v) is 3.19. The van der Waals surface area contributed by atoms with Gasteiger partial charge in [-0.2, -0.15) is 0 Å². The minimum absolute atomic E-state index is 0.193. The summed E-state index contributed by atoms with van der Waals surface area (Å²) in [6, 6.07) is 7.73. The Hall–Kier alpha value is -1.77. The third-order valence-corrected chi connectivity index (χ3v) is 3.90. The van der Waals surface area contributed by atoms with E-state index in [1.54, 1.807) is 0 Å². The quantitative estimate of drug-likeness (QED) is 0.651. The molecule has 3 heteroatoms. The second kappa shape index (κ2) is 3.13. The van der Waals surface area contributed by atoms with Gasteiger partial charge in [-0.25, -0.2) is 4.79 Å². The molecule has 0 radical (unpaired) electrons. The van der Waals surface area contributed by atoms with Crippen molar-refractivity contribution in [1.82, 2.24) is 0 Å². The lowest BCUT2D eigenvalue weighted by atomic mass is 9.95. The molecule has 0 unspecified atom stereocenters. The van der Waals surface area contributed by atoms with Crippen LogP contribution in [-0.2, 0) is 0 Å². The highest BCUT2D eigenvalue weighted by Gasteiger charge is 2.41. The Balaban J connectivity index is 2.11. The van der Waals surface area contributed by atoms with E-state index in [-0.39, 0.29) is 11.7 Å². The number of ether oxygens (including phenoxy) is 1. The first kappa shape index (κ1) is 9.28. The van der Waals surface area contributed by atoms with Crippen LogP contribution in [0.25, 0.3) is 11.0 Å². The van der Waals surface area contributed by atoms with E-state index in [4.69, 9.17) is 9.15 Å². The first-order valence-corrected chi connectivity index (χ1v) is 6.07. The Kier molecular flexibility index (Phi) is 1.71. The molecule has 0 bridgehead atoms. The standard InChI is InChI=1S/C14H12O3/c15-14-13-12(9-5-3-7-10(9)16-13)8-4-1-2-6-11(8)17-14/h1-2,4,6,9-10H,3,5,7H2/t9-,10+/m0/s1. The summed E-state index contributed by atoms with van der Waals surface area (Å²) in [7, 11) is 0. The minimum Gasteiger partial charge on any atom is -0.482 e. The number of hydrogen-bond donors (Lipinski definition) is 0. The van der Waals surface area contributed by atoms with Crippen LogP contribution in [0.15, 0.2) is 33.5 Å². The van der Waals surface area contributed by atoms with Crippen molar-refractivity contribution in [3.63, 3.8) is 0 Å². The molecule has 0 saturated heterocycles. The van der Waals surface area contributed by atoms with Gasteiger partial charge in [0.05, 0.1) is 0 Å². The van der Waals surface area contributed by atoms with E-state index in [1.807, 2.05) is 24.3 Å². The summed E-state index contributed by atoms with van der Waals surface area (Å²) < 4.78 is 11.1. The smallest absolute Gasteiger partial charge is 0.379 e. The van der Waals surface area contributed by atoms with E-state index in [0.717, 1.165) is 23.8 Å². The molecule has 0 N–H and O–H groups in total. The van der Waals surface area contributed by atoms with Gasteiger partial charge in [0.25, 0.3) is 0 Å². The second-order valence-electron chi connectivity index (χ2n) is 4.82. The number of rotatable bonds is 0. The predicted octanol–water partition coefficient (Wildman–Crippen LogP) is 2.82. The average Bonchev–Trinajstić information content (AvgIpc) is 2.89. The summed E-state index contributed by atoms with van der Waals surface area (Å²) >= 11 is 0. The Bertz CT molecular complexity index is 656. The van der Waals surface area contributed by atoms with Crippen molar-refractivity contribution in [3.8, 4) is 5.75 Å². The van der Waals surface area contributed by atoms with Gasteiger partial charge in [-0.1, -0.05) is 18.2 Å². The monoisotopic (exact) mass is 228 g/mol. The molecule has 2 aliphatic rings. The molecule has 1 aliphatic heterocycles. The SMILES string of the molecule is O=c1oc2ccccc2c2c1O[C@@H]1CCC[C@H]21. The summed E-state index contributed by atoms with van der Waals surface area (Å²) in [6.07, 6.45) is 3.54. The predicted molar refractivity (Wildman–Crippen MR) is 63.5 cm³/mol. The Morgan fingerprint density at radius 1 is 1.18 bits per heavy atom. The average molecular weight is 228 g/mol. The Labute approximate surface area is 98.0 Å². The largest absolute Gasteiger partial charge is 0.482 e. The highest BCUT2D eigenvalue weighted by atomic mass is 16.5. The van der Waals surface area contributed by atoms with Crippen LogP contribution >= 0.6 is 0 Å². The van der Waals surface area contributed by atoms with E-state index < -0.39 is 0 Å². The summed E-state index contributed by atoms with van der Waals surface area (Å²) in [4.78, 5) is 11.9. The molecule has 1 aromatic heterocycles. The van der Waals surface area contributed by atoms with Crippen molar-refractivity contribution in [2.45, 2.75) is 31.3 Å². The Morgan fingerprint density at radius 2 is 2.06 bits per heavy atom. The first-order valence-electron chi connectivity index (χ1n) is 6.07. The van der Waals surface area contributed by atoms with E-state index >= 15 is 0 Å². The zero-order valence-electron chi connectivity index (χ0n) is 9.31. The lowest BCUT2D eigenvalue weighted by molar-refractivity contribution is 0.218. The molecular weight excluding hydrogens is 216 g/mol. The summed E-state index contributed by atoms with van der Waals surface area (Å²) in [5.41, 5.74) is 1.43. The van der Waals surface area contributed by atoms with Gasteiger partial charge in [-0.05, 0) is 25.3 Å². The molecule has 0 spiro atoms. The van der Waals surface area contributed by atoms with Gasteiger partial charge < -0.3 is 9.15 Å². The Morgan fingerprint density at radius 3 is 3.00 bits per heavy atom. The molecule has 86 valence electrons. The third-order valence-electron chi connectivity index (χ3n) is 3.90. The van der Waals surface area contributed by atoms with Gasteiger partial charge in [0, 0.05) is 16.9 Å². The molecule has 1 saturated carbocycles. The van der Waals surface area contributed by atoms with Gasteiger partial charge in [0.15, 0.2) is 0 Å². The lowest BCUT2D eigenvalue weighted by Crippen LogP contribution is -2.12. The van der Waals surface area contributed by atoms with Crippen LogP contribution < -0.4 is 10.4 Å². The molecule has 2 atom stereocenters. The number of hydrogen-bond acceptors (Lipinski definition) is 3. The normalized spacial score (nSPS) is 25.6. The van der Waals surface area contributed by atoms with Crippen molar-refractivity contribution in [2.24, 2.45) is 0 Å². The minimum atomic E-state index is -0.326. The molecule has 1 aromatic carbocycles. The van der Waals surface area contributed by atoms with E-state index in [1.165, 1.54) is 6.42 Å². The summed E-state index contributed by atoms with van der Waals surface area (Å²) in [5.74, 6) is 0.845. The molecule has 0 amide bonds. The summed E-state index contributed by atoms with van der Waals surface area (Å²) in [5, 5.41) is 1.04. The molecule has 4 rings (SSSR count). The molecule has 3 nitrogen and oxygen atoms in total. The molecule has 1 aliphatic carbocycles. The van der Waals surface area contributed by atoms with Crippen molar-refractivity contribution < 1.29 is 9.15 Å². The molecule has 1 fully saturated rings. The first-order chi connectivity index (χ1) is 8.34.